The molecule has 0 fully saturated rings. The van der Waals surface area contributed by atoms with E-state index in [-0.39, 0.29) is 11.4 Å². The second-order valence-corrected chi connectivity index (χ2v) is 9.75. The fourth-order valence-electron chi connectivity index (χ4n) is 3.39. The molecule has 28 heavy (non-hydrogen) atoms. The Kier molecular flexibility index (Phi) is 6.09. The van der Waals surface area contributed by atoms with Crippen molar-refractivity contribution in [3.63, 3.8) is 0 Å². The highest BCUT2D eigenvalue weighted by molar-refractivity contribution is 5.93. The van der Waals surface area contributed by atoms with Crippen molar-refractivity contribution in [2.75, 3.05) is 0 Å². The summed E-state index contributed by atoms with van der Waals surface area (Å²) in [6, 6.07) is 10.4. The van der Waals surface area contributed by atoms with E-state index in [1.54, 1.807) is 0 Å². The first-order valence-electron chi connectivity index (χ1n) is 9.73. The Hall–Kier alpha value is -2.54. The maximum Gasteiger partial charge on any atom is 0.337 e. The fraction of sp³-hybridized carbons (Fsp3) is 0.500. The van der Waals surface area contributed by atoms with Gasteiger partial charge in [-0.1, -0.05) is 50.6 Å². The number of rotatable bonds is 3. The number of nitrogens with zero attached hydrogens (tertiary/aromatic N) is 1. The number of carbonyl (C=O) groups is 1. The van der Waals surface area contributed by atoms with E-state index in [1.165, 1.54) is 0 Å². The summed E-state index contributed by atoms with van der Waals surface area (Å²) in [5, 5.41) is 13.4. The van der Waals surface area contributed by atoms with Gasteiger partial charge in [0, 0.05) is 11.4 Å². The lowest BCUT2D eigenvalue weighted by atomic mass is 9.78. The smallest absolute Gasteiger partial charge is 0.337 e. The molecule has 1 aromatic rings. The topological polar surface area (TPSA) is 62.1 Å². The Morgan fingerprint density at radius 2 is 1.68 bits per heavy atom. The molecule has 1 unspecified atom stereocenters. The third-order valence-electron chi connectivity index (χ3n) is 4.50. The summed E-state index contributed by atoms with van der Waals surface area (Å²) in [7, 11) is 0. The van der Waals surface area contributed by atoms with Gasteiger partial charge in [0.25, 0.3) is 0 Å². The van der Waals surface area contributed by atoms with E-state index in [2.05, 4.69) is 32.2 Å². The second kappa shape index (κ2) is 7.83. The predicted molar refractivity (Wildman–Crippen MR) is 112 cm³/mol. The summed E-state index contributed by atoms with van der Waals surface area (Å²) in [6.45, 7) is 15.9. The Morgan fingerprint density at radius 3 is 2.14 bits per heavy atom. The monoisotopic (exact) mass is 380 g/mol. The molecule has 0 spiro atoms. The van der Waals surface area contributed by atoms with Crippen molar-refractivity contribution in [2.24, 2.45) is 5.41 Å². The molecule has 4 heteroatoms. The first-order chi connectivity index (χ1) is 12.8. The molecule has 0 bridgehead atoms. The number of hydrogen-bond donors (Lipinski definition) is 1. The van der Waals surface area contributed by atoms with Gasteiger partial charge in [0.1, 0.15) is 5.60 Å². The van der Waals surface area contributed by atoms with E-state index in [1.807, 2.05) is 58.9 Å². The number of dihydropyridines is 1. The van der Waals surface area contributed by atoms with Gasteiger partial charge in [0.2, 0.25) is 0 Å². The van der Waals surface area contributed by atoms with Crippen molar-refractivity contribution in [1.29, 1.82) is 5.26 Å². The number of allylic oxidation sites excluding steroid dienone is 3. The highest BCUT2D eigenvalue weighted by Gasteiger charge is 2.37. The van der Waals surface area contributed by atoms with Crippen LogP contribution in [0.2, 0.25) is 0 Å². The van der Waals surface area contributed by atoms with E-state index >= 15 is 0 Å². The van der Waals surface area contributed by atoms with Crippen LogP contribution in [0, 0.1) is 23.7 Å². The fourth-order valence-corrected chi connectivity index (χ4v) is 3.39. The zero-order valence-electron chi connectivity index (χ0n) is 18.4. The number of nitriles is 1. The maximum atomic E-state index is 13.1. The van der Waals surface area contributed by atoms with Crippen LogP contribution in [0.5, 0.6) is 0 Å². The van der Waals surface area contributed by atoms with Crippen LogP contribution in [0.15, 0.2) is 46.8 Å². The number of esters is 1. The lowest BCUT2D eigenvalue weighted by Gasteiger charge is -2.33. The molecular weight excluding hydrogens is 348 g/mol. The van der Waals surface area contributed by atoms with Crippen LogP contribution in [0.25, 0.3) is 0 Å². The quantitative estimate of drug-likeness (QED) is 0.702. The number of carbonyl (C=O) groups excluding carboxylic acids is 1. The minimum absolute atomic E-state index is 0.00591. The summed E-state index contributed by atoms with van der Waals surface area (Å²) in [5.41, 5.74) is 4.18. The number of hydrogen-bond acceptors (Lipinski definition) is 4. The second-order valence-electron chi connectivity index (χ2n) is 9.75. The molecule has 0 saturated heterocycles. The van der Waals surface area contributed by atoms with Crippen LogP contribution in [-0.2, 0) is 9.53 Å². The zero-order valence-corrected chi connectivity index (χ0v) is 18.4. The van der Waals surface area contributed by atoms with Gasteiger partial charge in [-0.05, 0) is 52.0 Å². The van der Waals surface area contributed by atoms with Crippen molar-refractivity contribution in [1.82, 2.24) is 5.32 Å². The standard InChI is InChI=1S/C24H32N2O2/c1-15-9-11-17(12-10-15)21-18(14-25)19(13-23(3,4)5)26-16(2)20(21)22(27)28-24(6,7)8/h9-12,21,26H,13H2,1-8H3. The first kappa shape index (κ1) is 21.8. The molecule has 0 aromatic heterocycles. The van der Waals surface area contributed by atoms with Crippen LogP contribution in [0.1, 0.15) is 71.9 Å². The summed E-state index contributed by atoms with van der Waals surface area (Å²) in [6.07, 6.45) is 0.719. The Labute approximate surface area is 169 Å². The van der Waals surface area contributed by atoms with Crippen molar-refractivity contribution in [2.45, 2.75) is 73.3 Å². The van der Waals surface area contributed by atoms with Gasteiger partial charge in [-0.25, -0.2) is 4.79 Å². The molecule has 2 rings (SSSR count). The largest absolute Gasteiger partial charge is 0.457 e. The van der Waals surface area contributed by atoms with Crippen LogP contribution >= 0.6 is 0 Å². The molecule has 4 nitrogen and oxygen atoms in total. The van der Waals surface area contributed by atoms with Gasteiger partial charge >= 0.3 is 5.97 Å². The average molecular weight is 381 g/mol. The summed E-state index contributed by atoms with van der Waals surface area (Å²) < 4.78 is 5.68. The van der Waals surface area contributed by atoms with E-state index in [9.17, 15) is 10.1 Å². The number of nitrogens with one attached hydrogen (secondary N) is 1. The van der Waals surface area contributed by atoms with Gasteiger partial charge in [-0.2, -0.15) is 5.26 Å². The van der Waals surface area contributed by atoms with Crippen molar-refractivity contribution < 1.29 is 9.53 Å². The molecule has 150 valence electrons. The van der Waals surface area contributed by atoms with Crippen LogP contribution in [0.4, 0.5) is 0 Å². The van der Waals surface area contributed by atoms with E-state index < -0.39 is 11.5 Å². The SMILES string of the molecule is CC1=C(C(=O)OC(C)(C)C)C(c2ccc(C)cc2)C(C#N)=C(CC(C)(C)C)N1. The molecule has 1 N–H and O–H groups in total. The Bertz CT molecular complexity index is 854. The lowest BCUT2D eigenvalue weighted by molar-refractivity contribution is -0.150. The van der Waals surface area contributed by atoms with E-state index in [4.69, 9.17) is 4.74 Å². The molecule has 1 aliphatic rings. The predicted octanol–water partition coefficient (Wildman–Crippen LogP) is 5.51. The molecule has 1 heterocycles. The van der Waals surface area contributed by atoms with Crippen molar-refractivity contribution in [3.05, 3.63) is 57.9 Å². The van der Waals surface area contributed by atoms with E-state index in [0.717, 1.165) is 28.9 Å². The molecule has 1 aromatic carbocycles. The summed E-state index contributed by atoms with van der Waals surface area (Å²) in [4.78, 5) is 13.1. The average Bonchev–Trinajstić information content (AvgIpc) is 2.51. The van der Waals surface area contributed by atoms with Crippen molar-refractivity contribution in [3.8, 4) is 6.07 Å². The molecule has 0 aliphatic carbocycles. The highest BCUT2D eigenvalue weighted by atomic mass is 16.6. The first-order valence-corrected chi connectivity index (χ1v) is 9.73. The van der Waals surface area contributed by atoms with Crippen LogP contribution in [0.3, 0.4) is 0 Å². The Balaban J connectivity index is 2.64. The minimum Gasteiger partial charge on any atom is -0.457 e. The highest BCUT2D eigenvalue weighted by Crippen LogP contribution is 2.41. The summed E-state index contributed by atoms with van der Waals surface area (Å²) in [5.74, 6) is -0.815. The maximum absolute atomic E-state index is 13.1. The van der Waals surface area contributed by atoms with Gasteiger partial charge in [0.15, 0.2) is 0 Å². The number of aryl methyl sites for hydroxylation is 1. The Morgan fingerprint density at radius 1 is 1.11 bits per heavy atom. The molecule has 0 saturated carbocycles. The molecule has 1 aliphatic heterocycles. The number of benzene rings is 1. The van der Waals surface area contributed by atoms with Gasteiger partial charge in [0.05, 0.1) is 23.1 Å². The van der Waals surface area contributed by atoms with Gasteiger partial charge in [-0.15, -0.1) is 0 Å². The normalized spacial score (nSPS) is 17.9. The van der Waals surface area contributed by atoms with Crippen LogP contribution < -0.4 is 5.32 Å². The van der Waals surface area contributed by atoms with E-state index in [0.29, 0.717) is 11.1 Å². The zero-order chi connectivity index (χ0) is 21.3. The molecule has 1 atom stereocenters. The third kappa shape index (κ3) is 5.25. The van der Waals surface area contributed by atoms with Crippen molar-refractivity contribution >= 4 is 5.97 Å². The van der Waals surface area contributed by atoms with Gasteiger partial charge in [-0.3, -0.25) is 0 Å². The molecule has 0 amide bonds. The lowest BCUT2D eigenvalue weighted by Crippen LogP contribution is -2.34. The summed E-state index contributed by atoms with van der Waals surface area (Å²) >= 11 is 0. The van der Waals surface area contributed by atoms with Crippen LogP contribution in [-0.4, -0.2) is 11.6 Å². The number of ether oxygens (including phenoxy) is 1. The minimum atomic E-state index is -0.607. The molecular formula is C24H32N2O2. The molecule has 0 radical (unpaired) electrons. The third-order valence-corrected chi connectivity index (χ3v) is 4.50. The van der Waals surface area contributed by atoms with Gasteiger partial charge < -0.3 is 10.1 Å².